The van der Waals surface area contributed by atoms with Gasteiger partial charge in [-0.25, -0.2) is 4.79 Å². The molecule has 0 saturated carbocycles. The summed E-state index contributed by atoms with van der Waals surface area (Å²) < 4.78 is 29.4. The molecular formula is C13H17NO6. The average molecular weight is 283 g/mol. The van der Waals surface area contributed by atoms with Crippen LogP contribution in [0.25, 0.3) is 0 Å². The Balaban J connectivity index is 1.56. The molecule has 6 atom stereocenters. The van der Waals surface area contributed by atoms with Gasteiger partial charge in [-0.2, -0.15) is 0 Å². The van der Waals surface area contributed by atoms with Crippen molar-refractivity contribution in [1.29, 1.82) is 0 Å². The number of hydrogen-bond acceptors (Lipinski definition) is 6. The van der Waals surface area contributed by atoms with E-state index in [9.17, 15) is 4.79 Å². The molecule has 0 radical (unpaired) electrons. The number of carbonyl (C=O) groups is 1. The third-order valence-electron chi connectivity index (χ3n) is 5.10. The van der Waals surface area contributed by atoms with Crippen LogP contribution in [0.5, 0.6) is 0 Å². The molecule has 5 fully saturated rings. The first-order chi connectivity index (χ1) is 9.50. The van der Waals surface area contributed by atoms with Gasteiger partial charge in [0.25, 0.3) is 0 Å². The van der Waals surface area contributed by atoms with E-state index in [1.54, 1.807) is 4.90 Å². The number of hydrogen-bond donors (Lipinski definition) is 0. The molecule has 0 unspecified atom stereocenters. The number of fused-ring (bicyclic) bond motifs is 1. The van der Waals surface area contributed by atoms with Gasteiger partial charge in [0.05, 0.1) is 6.61 Å². The maximum Gasteiger partial charge on any atom is 0.410 e. The molecule has 0 N–H and O–H groups in total. The van der Waals surface area contributed by atoms with Crippen molar-refractivity contribution in [3.05, 3.63) is 0 Å². The van der Waals surface area contributed by atoms with Crippen molar-refractivity contribution in [2.24, 2.45) is 0 Å². The summed E-state index contributed by atoms with van der Waals surface area (Å²) in [6, 6.07) is -0.0779. The Morgan fingerprint density at radius 3 is 2.95 bits per heavy atom. The van der Waals surface area contributed by atoms with Crippen LogP contribution in [0, 0.1) is 0 Å². The Morgan fingerprint density at radius 1 is 1.25 bits per heavy atom. The second-order valence-electron chi connectivity index (χ2n) is 6.60. The lowest BCUT2D eigenvalue weighted by atomic mass is 9.77. The van der Waals surface area contributed by atoms with Gasteiger partial charge in [-0.05, 0) is 20.3 Å². The van der Waals surface area contributed by atoms with Gasteiger partial charge < -0.3 is 23.7 Å². The molecule has 0 aromatic rings. The van der Waals surface area contributed by atoms with Gasteiger partial charge in [-0.15, -0.1) is 0 Å². The maximum absolute atomic E-state index is 11.9. The molecule has 5 rings (SSSR count). The highest BCUT2D eigenvalue weighted by atomic mass is 16.8. The van der Waals surface area contributed by atoms with Gasteiger partial charge in [-0.3, -0.25) is 4.90 Å². The fourth-order valence-corrected chi connectivity index (χ4v) is 4.33. The van der Waals surface area contributed by atoms with Gasteiger partial charge in [0.1, 0.15) is 23.9 Å². The third kappa shape index (κ3) is 1.19. The van der Waals surface area contributed by atoms with Crippen LogP contribution in [-0.4, -0.2) is 66.2 Å². The monoisotopic (exact) mass is 283 g/mol. The zero-order valence-electron chi connectivity index (χ0n) is 11.4. The molecule has 5 aliphatic rings. The molecule has 5 saturated heterocycles. The highest BCUT2D eigenvalue weighted by molar-refractivity contribution is 5.71. The summed E-state index contributed by atoms with van der Waals surface area (Å²) in [6.07, 6.45) is -0.704. The van der Waals surface area contributed by atoms with Crippen molar-refractivity contribution in [2.75, 3.05) is 13.2 Å². The van der Waals surface area contributed by atoms with Gasteiger partial charge >= 0.3 is 6.09 Å². The predicted octanol–water partition coefficient (Wildman–Crippen LogP) is 0.225. The Kier molecular flexibility index (Phi) is 1.93. The standard InChI is InChI=1S/C13H17NO6/c1-12(2)19-9-10(20-12)18-8-7-6-5-16-13(8,9)3-4-14(7)11(15)17-6/h6-10H,3-5H2,1-2H3/t6-,7-,8-,9+,10-,13-/m1/s1. The second-order valence-corrected chi connectivity index (χ2v) is 6.60. The van der Waals surface area contributed by atoms with E-state index < -0.39 is 17.7 Å². The van der Waals surface area contributed by atoms with Crippen LogP contribution in [0.1, 0.15) is 20.3 Å². The number of amides is 1. The topological polar surface area (TPSA) is 66.5 Å². The predicted molar refractivity (Wildman–Crippen MR) is 62.8 cm³/mol. The van der Waals surface area contributed by atoms with Crippen LogP contribution >= 0.6 is 0 Å². The number of ether oxygens (including phenoxy) is 5. The van der Waals surface area contributed by atoms with Crippen LogP contribution in [0.15, 0.2) is 0 Å². The van der Waals surface area contributed by atoms with Gasteiger partial charge in [0.2, 0.25) is 0 Å². The number of carbonyl (C=O) groups excluding carboxylic acids is 1. The van der Waals surface area contributed by atoms with Crippen molar-refractivity contribution < 1.29 is 28.5 Å². The molecule has 110 valence electrons. The van der Waals surface area contributed by atoms with Crippen molar-refractivity contribution in [3.63, 3.8) is 0 Å². The first-order valence-corrected chi connectivity index (χ1v) is 7.12. The highest BCUT2D eigenvalue weighted by Crippen LogP contribution is 2.54. The fourth-order valence-electron chi connectivity index (χ4n) is 4.33. The summed E-state index contributed by atoms with van der Waals surface area (Å²) in [5, 5.41) is 0. The molecule has 2 bridgehead atoms. The zero-order valence-corrected chi connectivity index (χ0v) is 11.4. The van der Waals surface area contributed by atoms with E-state index in [0.29, 0.717) is 19.6 Å². The van der Waals surface area contributed by atoms with Crippen molar-refractivity contribution in [3.8, 4) is 0 Å². The Morgan fingerprint density at radius 2 is 2.10 bits per heavy atom. The Bertz CT molecular complexity index is 495. The van der Waals surface area contributed by atoms with E-state index >= 15 is 0 Å². The summed E-state index contributed by atoms with van der Waals surface area (Å²) in [5.74, 6) is -0.658. The van der Waals surface area contributed by atoms with E-state index in [2.05, 4.69) is 0 Å². The molecule has 0 aliphatic carbocycles. The fraction of sp³-hybridized carbons (Fsp3) is 0.923. The number of nitrogens with zero attached hydrogens (tertiary/aromatic N) is 1. The molecule has 0 aromatic heterocycles. The smallest absolute Gasteiger partial charge is 0.410 e. The molecule has 5 aliphatic heterocycles. The maximum atomic E-state index is 11.9. The quantitative estimate of drug-likeness (QED) is 0.634. The molecule has 0 aromatic carbocycles. The highest BCUT2D eigenvalue weighted by Gasteiger charge is 2.73. The summed E-state index contributed by atoms with van der Waals surface area (Å²) in [4.78, 5) is 13.6. The van der Waals surface area contributed by atoms with Gasteiger partial charge in [0.15, 0.2) is 18.2 Å². The zero-order chi connectivity index (χ0) is 13.7. The average Bonchev–Trinajstić information content (AvgIpc) is 2.95. The normalized spacial score (nSPS) is 54.6. The minimum absolute atomic E-state index is 0.0779. The van der Waals surface area contributed by atoms with E-state index in [1.807, 2.05) is 13.8 Å². The Hall–Kier alpha value is -0.890. The van der Waals surface area contributed by atoms with Crippen molar-refractivity contribution in [2.45, 2.75) is 62.3 Å². The second kappa shape index (κ2) is 3.30. The largest absolute Gasteiger partial charge is 0.441 e. The summed E-state index contributed by atoms with van der Waals surface area (Å²) in [7, 11) is 0. The van der Waals surface area contributed by atoms with Crippen LogP contribution in [0.4, 0.5) is 4.79 Å². The third-order valence-corrected chi connectivity index (χ3v) is 5.10. The molecule has 1 amide bonds. The van der Waals surface area contributed by atoms with E-state index in [0.717, 1.165) is 0 Å². The number of piperidine rings is 1. The minimum Gasteiger partial charge on any atom is -0.441 e. The first kappa shape index (κ1) is 11.7. The van der Waals surface area contributed by atoms with Crippen LogP contribution in [0.3, 0.4) is 0 Å². The lowest BCUT2D eigenvalue weighted by Crippen LogP contribution is -2.69. The lowest BCUT2D eigenvalue weighted by Gasteiger charge is -2.50. The minimum atomic E-state index is -0.658. The summed E-state index contributed by atoms with van der Waals surface area (Å²) in [5.41, 5.74) is -0.510. The lowest BCUT2D eigenvalue weighted by molar-refractivity contribution is -0.272. The first-order valence-electron chi connectivity index (χ1n) is 7.12. The van der Waals surface area contributed by atoms with Gasteiger partial charge in [-0.1, -0.05) is 0 Å². The molecule has 20 heavy (non-hydrogen) atoms. The SMILES string of the molecule is CC1(C)O[C@H]2O[C@@H]3[C@H]4[C@H]5CO[C@@]3(CCN4C(=O)O5)[C@H]2O1. The molecule has 5 heterocycles. The summed E-state index contributed by atoms with van der Waals surface area (Å²) >= 11 is 0. The molecular weight excluding hydrogens is 266 g/mol. The van der Waals surface area contributed by atoms with Crippen LogP contribution in [-0.2, 0) is 23.7 Å². The van der Waals surface area contributed by atoms with Crippen LogP contribution in [0.2, 0.25) is 0 Å². The van der Waals surface area contributed by atoms with Crippen molar-refractivity contribution >= 4 is 6.09 Å². The van der Waals surface area contributed by atoms with Gasteiger partial charge in [0, 0.05) is 6.54 Å². The summed E-state index contributed by atoms with van der Waals surface area (Å²) in [6.45, 7) is 4.78. The molecule has 7 heteroatoms. The van der Waals surface area contributed by atoms with E-state index in [4.69, 9.17) is 23.7 Å². The Labute approximate surface area is 116 Å². The van der Waals surface area contributed by atoms with E-state index in [1.165, 1.54) is 0 Å². The van der Waals surface area contributed by atoms with Crippen molar-refractivity contribution in [1.82, 2.24) is 4.90 Å². The van der Waals surface area contributed by atoms with Crippen LogP contribution < -0.4 is 0 Å². The molecule has 7 nitrogen and oxygen atoms in total. The van der Waals surface area contributed by atoms with E-state index in [-0.39, 0.29) is 30.4 Å². The molecule has 0 spiro atoms. The number of rotatable bonds is 0.